The van der Waals surface area contributed by atoms with Crippen LogP contribution < -0.4 is 0 Å². The average molecular weight is 416 g/mol. The number of benzene rings is 1. The van der Waals surface area contributed by atoms with Gasteiger partial charge in [0.1, 0.15) is 0 Å². The molecule has 0 amide bonds. The van der Waals surface area contributed by atoms with Crippen LogP contribution in [0, 0.1) is 5.41 Å². The molecule has 163 valence electrons. The lowest BCUT2D eigenvalue weighted by atomic mass is 9.84. The Morgan fingerprint density at radius 1 is 1.03 bits per heavy atom. The van der Waals surface area contributed by atoms with Crippen molar-refractivity contribution in [3.8, 4) is 0 Å². The first kappa shape index (κ1) is 25.9. The number of allylic oxidation sites excluding steroid dienone is 2. The van der Waals surface area contributed by atoms with Crippen LogP contribution in [0.3, 0.4) is 0 Å². The molecule has 0 bridgehead atoms. The number of hydrogen-bond donors (Lipinski definition) is 1. The summed E-state index contributed by atoms with van der Waals surface area (Å²) in [5.74, 6) is 0. The lowest BCUT2D eigenvalue weighted by Gasteiger charge is -2.33. The first-order valence-corrected chi connectivity index (χ1v) is 13.7. The van der Waals surface area contributed by atoms with Gasteiger partial charge >= 0.3 is 0 Å². The number of rotatable bonds is 13. The molecular weight excluding hydrogens is 372 g/mol. The molecule has 2 unspecified atom stereocenters. The molecule has 3 heteroatoms. The molecule has 0 fully saturated rings. The van der Waals surface area contributed by atoms with Gasteiger partial charge in [-0.3, -0.25) is 0 Å². The van der Waals surface area contributed by atoms with Crippen LogP contribution in [0.2, 0.25) is 13.1 Å². The van der Waals surface area contributed by atoms with Crippen molar-refractivity contribution < 1.29 is 9.53 Å². The number of hydrogen-bond acceptors (Lipinski definition) is 2. The van der Waals surface area contributed by atoms with Crippen molar-refractivity contribution in [3.05, 3.63) is 53.6 Å². The van der Waals surface area contributed by atoms with Gasteiger partial charge in [0.15, 0.2) is 0 Å². The van der Waals surface area contributed by atoms with Gasteiger partial charge in [-0.2, -0.15) is 0 Å². The predicted molar refractivity (Wildman–Crippen MR) is 129 cm³/mol. The monoisotopic (exact) mass is 415 g/mol. The van der Waals surface area contributed by atoms with Gasteiger partial charge in [0.2, 0.25) is 9.04 Å². The van der Waals surface area contributed by atoms with Crippen molar-refractivity contribution in [1.29, 1.82) is 0 Å². The van der Waals surface area contributed by atoms with Gasteiger partial charge < -0.3 is 9.53 Å². The van der Waals surface area contributed by atoms with Gasteiger partial charge in [0.25, 0.3) is 0 Å². The van der Waals surface area contributed by atoms with E-state index < -0.39 is 9.04 Å². The molecule has 0 aliphatic carbocycles. The molecule has 2 nitrogen and oxygen atoms in total. The highest BCUT2D eigenvalue weighted by atomic mass is 28.3. The molecule has 0 aromatic heterocycles. The highest BCUT2D eigenvalue weighted by Gasteiger charge is 2.28. The molecule has 1 N–H and O–H groups in total. The van der Waals surface area contributed by atoms with Crippen LogP contribution >= 0.6 is 0 Å². The Morgan fingerprint density at radius 3 is 2.38 bits per heavy atom. The van der Waals surface area contributed by atoms with Crippen LogP contribution in [0.4, 0.5) is 0 Å². The summed E-state index contributed by atoms with van der Waals surface area (Å²) in [4.78, 5) is 0. The molecule has 0 spiro atoms. The van der Waals surface area contributed by atoms with Crippen molar-refractivity contribution in [2.45, 2.75) is 97.9 Å². The van der Waals surface area contributed by atoms with Gasteiger partial charge in [-0.15, -0.1) is 0 Å². The summed E-state index contributed by atoms with van der Waals surface area (Å²) < 4.78 is 6.31. The van der Waals surface area contributed by atoms with Crippen LogP contribution in [0.1, 0.15) is 89.9 Å². The molecule has 0 aliphatic rings. The smallest absolute Gasteiger partial charge is 0.205 e. The quantitative estimate of drug-likeness (QED) is 0.203. The average Bonchev–Trinajstić information content (AvgIpc) is 2.65. The molecule has 1 rings (SSSR count). The molecule has 0 saturated carbocycles. The summed E-state index contributed by atoms with van der Waals surface area (Å²) in [6.45, 7) is 13.3. The Kier molecular flexibility index (Phi) is 12.4. The molecule has 0 heterocycles. The number of unbranched alkanes of at least 4 members (excludes halogenated alkanes) is 5. The summed E-state index contributed by atoms with van der Waals surface area (Å²) >= 11 is 0. The molecule has 29 heavy (non-hydrogen) atoms. The topological polar surface area (TPSA) is 29.5 Å². The zero-order valence-electron chi connectivity index (χ0n) is 19.6. The van der Waals surface area contributed by atoms with E-state index >= 15 is 0 Å². The van der Waals surface area contributed by atoms with E-state index in [2.05, 4.69) is 71.1 Å². The summed E-state index contributed by atoms with van der Waals surface area (Å²) in [7, 11) is -0.777. The second kappa shape index (κ2) is 13.9. The molecule has 1 aromatic rings. The molecule has 1 radical (unpaired) electrons. The van der Waals surface area contributed by atoms with Crippen LogP contribution in [0.5, 0.6) is 0 Å². The zero-order chi connectivity index (χ0) is 21.7. The van der Waals surface area contributed by atoms with E-state index in [9.17, 15) is 5.11 Å². The van der Waals surface area contributed by atoms with Crippen LogP contribution in [-0.2, 0) is 4.43 Å². The standard InChI is InChI=1S/C26H43O2Si/c1-7-8-9-10-11-12-19-24(27)20-14-13-16-22-17-15-18-23(21-22)25(26(2,3)4)28-29(5)6/h13-18,20-21,24-25,27H,7-12,19H2,1-6H3. The Labute approximate surface area is 181 Å². The molecule has 0 saturated heterocycles. The maximum absolute atomic E-state index is 10.1. The first-order chi connectivity index (χ1) is 13.7. The van der Waals surface area contributed by atoms with Gasteiger partial charge in [0, 0.05) is 0 Å². The van der Waals surface area contributed by atoms with Crippen molar-refractivity contribution in [2.75, 3.05) is 0 Å². The molecular formula is C26H43O2Si. The second-order valence-corrected chi connectivity index (χ2v) is 11.4. The van der Waals surface area contributed by atoms with Gasteiger partial charge in [-0.1, -0.05) is 109 Å². The SMILES string of the molecule is CCCCCCCCC(O)C=CC=Cc1cccc(C(O[Si](C)C)C(C)(C)C)c1. The Morgan fingerprint density at radius 2 is 1.72 bits per heavy atom. The minimum Gasteiger partial charge on any atom is -0.410 e. The Balaban J connectivity index is 2.57. The van der Waals surface area contributed by atoms with E-state index in [1.54, 1.807) is 0 Å². The summed E-state index contributed by atoms with van der Waals surface area (Å²) in [5.41, 5.74) is 2.46. The Bertz CT molecular complexity index is 613. The van der Waals surface area contributed by atoms with Gasteiger partial charge in [-0.05, 0) is 42.1 Å². The highest BCUT2D eigenvalue weighted by molar-refractivity contribution is 6.48. The van der Waals surface area contributed by atoms with Crippen LogP contribution in [0.15, 0.2) is 42.5 Å². The van der Waals surface area contributed by atoms with Crippen LogP contribution in [0.25, 0.3) is 6.08 Å². The fourth-order valence-electron chi connectivity index (χ4n) is 3.40. The third kappa shape index (κ3) is 11.6. The minimum atomic E-state index is -0.777. The van der Waals surface area contributed by atoms with Crippen molar-refractivity contribution >= 4 is 15.1 Å². The van der Waals surface area contributed by atoms with Crippen molar-refractivity contribution in [2.24, 2.45) is 5.41 Å². The Hall–Kier alpha value is -1.16. The van der Waals surface area contributed by atoms with Crippen LogP contribution in [-0.4, -0.2) is 20.3 Å². The lowest BCUT2D eigenvalue weighted by Crippen LogP contribution is -2.25. The number of aliphatic hydroxyl groups is 1. The molecule has 2 atom stereocenters. The van der Waals surface area contributed by atoms with Gasteiger partial charge in [-0.25, -0.2) is 0 Å². The third-order valence-corrected chi connectivity index (χ3v) is 5.65. The van der Waals surface area contributed by atoms with E-state index in [-0.39, 0.29) is 17.6 Å². The second-order valence-electron chi connectivity index (χ2n) is 9.31. The normalized spacial score (nSPS) is 14.9. The largest absolute Gasteiger partial charge is 0.410 e. The maximum Gasteiger partial charge on any atom is 0.205 e. The zero-order valence-corrected chi connectivity index (χ0v) is 20.6. The summed E-state index contributed by atoms with van der Waals surface area (Å²) in [6, 6.07) is 8.60. The number of aliphatic hydroxyl groups excluding tert-OH is 1. The maximum atomic E-state index is 10.1. The predicted octanol–water partition coefficient (Wildman–Crippen LogP) is 7.72. The summed E-state index contributed by atoms with van der Waals surface area (Å²) in [5, 5.41) is 10.1. The van der Waals surface area contributed by atoms with Crippen molar-refractivity contribution in [1.82, 2.24) is 0 Å². The molecule has 0 aliphatic heterocycles. The van der Waals surface area contributed by atoms with E-state index in [4.69, 9.17) is 4.43 Å². The third-order valence-electron chi connectivity index (χ3n) is 4.94. The fourth-order valence-corrected chi connectivity index (χ4v) is 4.36. The van der Waals surface area contributed by atoms with Gasteiger partial charge in [0.05, 0.1) is 12.2 Å². The highest BCUT2D eigenvalue weighted by Crippen LogP contribution is 2.36. The lowest BCUT2D eigenvalue weighted by molar-refractivity contribution is 0.0866. The van der Waals surface area contributed by atoms with E-state index in [0.29, 0.717) is 0 Å². The first-order valence-electron chi connectivity index (χ1n) is 11.3. The fraction of sp³-hybridized carbons (Fsp3) is 0.615. The van der Waals surface area contributed by atoms with E-state index in [1.165, 1.54) is 37.7 Å². The molecule has 1 aromatic carbocycles. The van der Waals surface area contributed by atoms with E-state index in [0.717, 1.165) is 18.4 Å². The minimum absolute atomic E-state index is 0.0603. The van der Waals surface area contributed by atoms with Crippen molar-refractivity contribution in [3.63, 3.8) is 0 Å². The van der Waals surface area contributed by atoms with E-state index in [1.807, 2.05) is 18.2 Å². The summed E-state index contributed by atoms with van der Waals surface area (Å²) in [6.07, 6.45) is 16.2.